The Labute approximate surface area is 136 Å². The molecule has 0 bridgehead atoms. The molecule has 2 aromatic rings. The molecule has 0 aliphatic carbocycles. The topological polar surface area (TPSA) is 55.4 Å². The number of hydrogen-bond acceptors (Lipinski definition) is 3. The van der Waals surface area contributed by atoms with Crippen molar-refractivity contribution < 1.29 is 14.3 Å². The monoisotopic (exact) mass is 395 g/mol. The molecule has 1 amide bonds. The van der Waals surface area contributed by atoms with E-state index in [4.69, 9.17) is 4.74 Å². The lowest BCUT2D eigenvalue weighted by Gasteiger charge is -2.18. The van der Waals surface area contributed by atoms with Gasteiger partial charge in [-0.2, -0.15) is 0 Å². The van der Waals surface area contributed by atoms with Crippen molar-refractivity contribution in [1.29, 1.82) is 0 Å². The molecule has 108 valence electrons. The van der Waals surface area contributed by atoms with Crippen LogP contribution in [0.2, 0.25) is 0 Å². The Morgan fingerprint density at radius 1 is 1.05 bits per heavy atom. The first kappa shape index (κ1) is 15.5. The van der Waals surface area contributed by atoms with Gasteiger partial charge in [0.15, 0.2) is 6.04 Å². The van der Waals surface area contributed by atoms with Gasteiger partial charge in [0, 0.05) is 9.13 Å². The van der Waals surface area contributed by atoms with Gasteiger partial charge in [-0.3, -0.25) is 4.79 Å². The highest BCUT2D eigenvalue weighted by Crippen LogP contribution is 2.21. The molecular formula is C16H14INO3. The van der Waals surface area contributed by atoms with E-state index in [9.17, 15) is 9.59 Å². The third-order valence-corrected chi connectivity index (χ3v) is 3.95. The molecule has 0 spiro atoms. The van der Waals surface area contributed by atoms with Crippen LogP contribution in [-0.4, -0.2) is 19.0 Å². The lowest BCUT2D eigenvalue weighted by Crippen LogP contribution is -2.35. The zero-order valence-electron chi connectivity index (χ0n) is 11.4. The Balaban J connectivity index is 2.28. The van der Waals surface area contributed by atoms with Crippen molar-refractivity contribution in [1.82, 2.24) is 5.32 Å². The predicted octanol–water partition coefficient (Wildman–Crippen LogP) is 2.94. The molecule has 0 saturated heterocycles. The number of hydrogen-bond donors (Lipinski definition) is 1. The molecule has 0 fully saturated rings. The van der Waals surface area contributed by atoms with E-state index in [2.05, 4.69) is 27.9 Å². The molecule has 4 nitrogen and oxygen atoms in total. The van der Waals surface area contributed by atoms with Crippen LogP contribution in [0.25, 0.3) is 0 Å². The van der Waals surface area contributed by atoms with Gasteiger partial charge in [-0.15, -0.1) is 0 Å². The Morgan fingerprint density at radius 2 is 1.67 bits per heavy atom. The maximum atomic E-state index is 12.2. The van der Waals surface area contributed by atoms with Gasteiger partial charge in [0.25, 0.3) is 5.91 Å². The summed E-state index contributed by atoms with van der Waals surface area (Å²) in [4.78, 5) is 24.2. The van der Waals surface area contributed by atoms with Crippen molar-refractivity contribution in [3.8, 4) is 0 Å². The van der Waals surface area contributed by atoms with Crippen molar-refractivity contribution in [2.24, 2.45) is 0 Å². The van der Waals surface area contributed by atoms with E-state index in [1.165, 1.54) is 7.11 Å². The van der Waals surface area contributed by atoms with Crippen LogP contribution in [0.3, 0.4) is 0 Å². The maximum absolute atomic E-state index is 12.2. The summed E-state index contributed by atoms with van der Waals surface area (Å²) in [5.74, 6) is -0.811. The lowest BCUT2D eigenvalue weighted by molar-refractivity contribution is -0.143. The normalized spacial score (nSPS) is 11.5. The largest absolute Gasteiger partial charge is 0.467 e. The summed E-state index contributed by atoms with van der Waals surface area (Å²) in [5, 5.41) is 2.72. The molecule has 1 atom stereocenters. The van der Waals surface area contributed by atoms with Crippen molar-refractivity contribution in [3.63, 3.8) is 0 Å². The number of methoxy groups -OCH3 is 1. The molecule has 1 unspecified atom stereocenters. The summed E-state index contributed by atoms with van der Waals surface area (Å²) >= 11 is 2.13. The van der Waals surface area contributed by atoms with Crippen molar-refractivity contribution in [3.05, 3.63) is 69.3 Å². The second-order valence-corrected chi connectivity index (χ2v) is 5.48. The van der Waals surface area contributed by atoms with Gasteiger partial charge in [0.05, 0.1) is 7.11 Å². The molecule has 2 aromatic carbocycles. The van der Waals surface area contributed by atoms with Crippen LogP contribution in [0, 0.1) is 3.57 Å². The number of carbonyl (C=O) groups is 2. The number of amides is 1. The van der Waals surface area contributed by atoms with Gasteiger partial charge in [0.2, 0.25) is 0 Å². The van der Waals surface area contributed by atoms with Crippen molar-refractivity contribution in [2.45, 2.75) is 6.04 Å². The van der Waals surface area contributed by atoms with E-state index in [-0.39, 0.29) is 5.91 Å². The molecule has 0 heterocycles. The number of benzene rings is 2. The van der Waals surface area contributed by atoms with Crippen LogP contribution in [0.4, 0.5) is 0 Å². The average Bonchev–Trinajstić information content (AvgIpc) is 2.53. The molecule has 2 rings (SSSR count). The summed E-state index contributed by atoms with van der Waals surface area (Å²) in [6.07, 6.45) is 0. The highest BCUT2D eigenvalue weighted by molar-refractivity contribution is 14.1. The van der Waals surface area contributed by atoms with Gasteiger partial charge in [-0.05, 0) is 46.4 Å². The summed E-state index contributed by atoms with van der Waals surface area (Å²) in [6.45, 7) is 0. The predicted molar refractivity (Wildman–Crippen MR) is 87.8 cm³/mol. The lowest BCUT2D eigenvalue weighted by atomic mass is 10.1. The van der Waals surface area contributed by atoms with Crippen LogP contribution in [0.15, 0.2) is 54.6 Å². The maximum Gasteiger partial charge on any atom is 0.333 e. The van der Waals surface area contributed by atoms with Crippen LogP contribution in [-0.2, 0) is 9.53 Å². The minimum absolute atomic E-state index is 0.314. The highest BCUT2D eigenvalue weighted by atomic mass is 127. The molecule has 0 aromatic heterocycles. The molecule has 0 saturated carbocycles. The zero-order valence-corrected chi connectivity index (χ0v) is 13.5. The number of carbonyl (C=O) groups excluding carboxylic acids is 2. The molecular weight excluding hydrogens is 381 g/mol. The van der Waals surface area contributed by atoms with Gasteiger partial charge in [-0.25, -0.2) is 4.79 Å². The van der Waals surface area contributed by atoms with Crippen LogP contribution >= 0.6 is 22.6 Å². The average molecular weight is 395 g/mol. The fourth-order valence-corrected chi connectivity index (χ4v) is 2.59. The van der Waals surface area contributed by atoms with Gasteiger partial charge >= 0.3 is 5.97 Å². The second-order valence-electron chi connectivity index (χ2n) is 4.32. The van der Waals surface area contributed by atoms with E-state index < -0.39 is 12.0 Å². The summed E-state index contributed by atoms with van der Waals surface area (Å²) in [6, 6.07) is 15.3. The third kappa shape index (κ3) is 3.81. The van der Waals surface area contributed by atoms with Crippen molar-refractivity contribution >= 4 is 34.5 Å². The minimum atomic E-state index is -0.823. The molecule has 21 heavy (non-hydrogen) atoms. The fourth-order valence-electron chi connectivity index (χ4n) is 1.89. The molecule has 1 N–H and O–H groups in total. The molecule has 5 heteroatoms. The Kier molecular flexibility index (Phi) is 5.32. The van der Waals surface area contributed by atoms with E-state index in [0.717, 1.165) is 3.57 Å². The first-order valence-electron chi connectivity index (χ1n) is 6.31. The Morgan fingerprint density at radius 3 is 2.29 bits per heavy atom. The zero-order chi connectivity index (χ0) is 15.2. The first-order valence-corrected chi connectivity index (χ1v) is 7.39. The molecule has 0 aliphatic rings. The summed E-state index contributed by atoms with van der Waals surface area (Å²) < 4.78 is 5.69. The number of ether oxygens (including phenoxy) is 1. The van der Waals surface area contributed by atoms with Crippen LogP contribution < -0.4 is 5.32 Å². The number of rotatable bonds is 4. The smallest absolute Gasteiger partial charge is 0.333 e. The van der Waals surface area contributed by atoms with E-state index in [1.807, 2.05) is 24.3 Å². The number of nitrogens with one attached hydrogen (secondary N) is 1. The fraction of sp³-hybridized carbons (Fsp3) is 0.125. The standard InChI is InChI=1S/C16H14INO3/c1-21-16(20)14(12-9-5-6-10-13(12)17)18-15(19)11-7-3-2-4-8-11/h2-10,14H,1H3,(H,18,19). The van der Waals surface area contributed by atoms with E-state index >= 15 is 0 Å². The quantitative estimate of drug-likeness (QED) is 0.640. The van der Waals surface area contributed by atoms with Gasteiger partial charge in [0.1, 0.15) is 0 Å². The second kappa shape index (κ2) is 7.21. The van der Waals surface area contributed by atoms with Crippen molar-refractivity contribution in [2.75, 3.05) is 7.11 Å². The molecule has 0 aliphatic heterocycles. The molecule has 0 radical (unpaired) electrons. The van der Waals surface area contributed by atoms with Gasteiger partial charge in [-0.1, -0.05) is 36.4 Å². The SMILES string of the molecule is COC(=O)C(NC(=O)c1ccccc1)c1ccccc1I. The first-order chi connectivity index (χ1) is 10.1. The van der Waals surface area contributed by atoms with E-state index in [1.54, 1.807) is 30.3 Å². The van der Waals surface area contributed by atoms with Gasteiger partial charge < -0.3 is 10.1 Å². The number of halogens is 1. The Hall–Kier alpha value is -1.89. The van der Waals surface area contributed by atoms with Crippen LogP contribution in [0.1, 0.15) is 22.0 Å². The third-order valence-electron chi connectivity index (χ3n) is 2.96. The minimum Gasteiger partial charge on any atom is -0.467 e. The van der Waals surface area contributed by atoms with Crippen LogP contribution in [0.5, 0.6) is 0 Å². The summed E-state index contributed by atoms with van der Waals surface area (Å²) in [7, 11) is 1.31. The number of esters is 1. The van der Waals surface area contributed by atoms with E-state index in [0.29, 0.717) is 11.1 Å². The Bertz CT molecular complexity index is 643. The highest BCUT2D eigenvalue weighted by Gasteiger charge is 2.25. The summed E-state index contributed by atoms with van der Waals surface area (Å²) in [5.41, 5.74) is 1.21.